The van der Waals surface area contributed by atoms with Gasteiger partial charge >= 0.3 is 0 Å². The number of anilines is 1. The Morgan fingerprint density at radius 1 is 1.50 bits per heavy atom. The molecule has 1 aromatic carbocycles. The summed E-state index contributed by atoms with van der Waals surface area (Å²) in [5.41, 5.74) is 2.32. The first-order valence-electron chi connectivity index (χ1n) is 3.74. The predicted octanol–water partition coefficient (Wildman–Crippen LogP) is 1.78. The molecule has 0 aliphatic carbocycles. The quantitative estimate of drug-likeness (QED) is 0.710. The first kappa shape index (κ1) is 7.68. The SMILES string of the molecule is O=[C]C1Nc2ccccc2CS1. The minimum Gasteiger partial charge on any atom is -0.366 e. The van der Waals surface area contributed by atoms with Crippen LogP contribution in [0.2, 0.25) is 0 Å². The average molecular weight is 178 g/mol. The molecule has 12 heavy (non-hydrogen) atoms. The summed E-state index contributed by atoms with van der Waals surface area (Å²) >= 11 is 1.57. The van der Waals surface area contributed by atoms with Crippen LogP contribution in [0.15, 0.2) is 24.3 Å². The van der Waals surface area contributed by atoms with Gasteiger partial charge in [0.1, 0.15) is 5.37 Å². The third-order valence-electron chi connectivity index (χ3n) is 1.82. The normalized spacial score (nSPS) is 20.8. The molecule has 2 nitrogen and oxygen atoms in total. The molecule has 0 saturated carbocycles. The van der Waals surface area contributed by atoms with Crippen molar-refractivity contribution in [1.82, 2.24) is 0 Å². The smallest absolute Gasteiger partial charge is 0.233 e. The maximum Gasteiger partial charge on any atom is 0.233 e. The number of fused-ring (bicyclic) bond motifs is 1. The zero-order valence-corrected chi connectivity index (χ0v) is 7.23. The Morgan fingerprint density at radius 2 is 2.33 bits per heavy atom. The Bertz CT molecular complexity index is 300. The molecule has 1 aliphatic rings. The van der Waals surface area contributed by atoms with Gasteiger partial charge in [-0.1, -0.05) is 18.2 Å². The molecule has 1 N–H and O–H groups in total. The lowest BCUT2D eigenvalue weighted by atomic mass is 10.2. The molecule has 1 aromatic rings. The minimum absolute atomic E-state index is 0.195. The molecule has 0 fully saturated rings. The number of nitrogens with one attached hydrogen (secondary N) is 1. The van der Waals surface area contributed by atoms with E-state index in [1.165, 1.54) is 5.56 Å². The largest absolute Gasteiger partial charge is 0.366 e. The van der Waals surface area contributed by atoms with Crippen molar-refractivity contribution < 1.29 is 4.79 Å². The fraction of sp³-hybridized carbons (Fsp3) is 0.222. The summed E-state index contributed by atoms with van der Waals surface area (Å²) in [6, 6.07) is 8.02. The van der Waals surface area contributed by atoms with Crippen molar-refractivity contribution in [3.8, 4) is 0 Å². The second-order valence-corrected chi connectivity index (χ2v) is 3.70. The van der Waals surface area contributed by atoms with Crippen LogP contribution in [0.1, 0.15) is 5.56 Å². The topological polar surface area (TPSA) is 29.1 Å². The van der Waals surface area contributed by atoms with Crippen molar-refractivity contribution >= 4 is 23.7 Å². The highest BCUT2D eigenvalue weighted by molar-refractivity contribution is 7.99. The van der Waals surface area contributed by atoms with E-state index in [9.17, 15) is 4.79 Å². The first-order valence-corrected chi connectivity index (χ1v) is 4.79. The van der Waals surface area contributed by atoms with Gasteiger partial charge in [-0.25, -0.2) is 0 Å². The number of para-hydroxylation sites is 1. The van der Waals surface area contributed by atoms with Crippen LogP contribution in [0, 0.1) is 0 Å². The number of hydrogen-bond donors (Lipinski definition) is 1. The van der Waals surface area contributed by atoms with Crippen LogP contribution in [0.5, 0.6) is 0 Å². The van der Waals surface area contributed by atoms with Gasteiger partial charge in [-0.2, -0.15) is 0 Å². The van der Waals surface area contributed by atoms with Crippen LogP contribution >= 0.6 is 11.8 Å². The van der Waals surface area contributed by atoms with Crippen molar-refractivity contribution in [2.45, 2.75) is 11.1 Å². The van der Waals surface area contributed by atoms with Crippen LogP contribution in [-0.4, -0.2) is 11.7 Å². The highest BCUT2D eigenvalue weighted by atomic mass is 32.2. The molecule has 2 rings (SSSR count). The van der Waals surface area contributed by atoms with E-state index in [1.807, 2.05) is 24.5 Å². The highest BCUT2D eigenvalue weighted by Gasteiger charge is 2.16. The van der Waals surface area contributed by atoms with Crippen LogP contribution in [0.3, 0.4) is 0 Å². The third-order valence-corrected chi connectivity index (χ3v) is 2.84. The molecular formula is C9H8NOS. The first-order chi connectivity index (χ1) is 5.90. The molecule has 0 amide bonds. The van der Waals surface area contributed by atoms with Crippen molar-refractivity contribution in [2.24, 2.45) is 0 Å². The van der Waals surface area contributed by atoms with Gasteiger partial charge in [-0.15, -0.1) is 11.8 Å². The van der Waals surface area contributed by atoms with Crippen molar-refractivity contribution in [2.75, 3.05) is 5.32 Å². The lowest BCUT2D eigenvalue weighted by molar-refractivity contribution is 0.555. The van der Waals surface area contributed by atoms with Gasteiger partial charge in [-0.05, 0) is 11.6 Å². The minimum atomic E-state index is -0.195. The van der Waals surface area contributed by atoms with E-state index in [2.05, 4.69) is 11.4 Å². The van der Waals surface area contributed by atoms with E-state index >= 15 is 0 Å². The third kappa shape index (κ3) is 1.32. The number of rotatable bonds is 1. The van der Waals surface area contributed by atoms with Gasteiger partial charge < -0.3 is 5.32 Å². The number of hydrogen-bond acceptors (Lipinski definition) is 3. The Balaban J connectivity index is 2.28. The summed E-state index contributed by atoms with van der Waals surface area (Å²) in [6.45, 7) is 0. The van der Waals surface area contributed by atoms with E-state index in [4.69, 9.17) is 0 Å². The molecule has 0 aromatic heterocycles. The maximum atomic E-state index is 10.4. The summed E-state index contributed by atoms with van der Waals surface area (Å²) in [4.78, 5) is 10.4. The van der Waals surface area contributed by atoms with Gasteiger partial charge in [0.25, 0.3) is 0 Å². The number of benzene rings is 1. The molecule has 0 spiro atoms. The van der Waals surface area contributed by atoms with Gasteiger partial charge in [0.15, 0.2) is 0 Å². The predicted molar refractivity (Wildman–Crippen MR) is 50.8 cm³/mol. The fourth-order valence-corrected chi connectivity index (χ4v) is 2.08. The van der Waals surface area contributed by atoms with Crippen LogP contribution in [0.25, 0.3) is 0 Å². The Kier molecular flexibility index (Phi) is 2.04. The molecule has 1 radical (unpaired) electrons. The summed E-state index contributed by atoms with van der Waals surface area (Å²) in [7, 11) is 0. The molecule has 1 atom stereocenters. The van der Waals surface area contributed by atoms with Crippen molar-refractivity contribution in [3.63, 3.8) is 0 Å². The highest BCUT2D eigenvalue weighted by Crippen LogP contribution is 2.29. The molecule has 3 heteroatoms. The molecule has 1 heterocycles. The van der Waals surface area contributed by atoms with Crippen molar-refractivity contribution in [1.29, 1.82) is 0 Å². The summed E-state index contributed by atoms with van der Waals surface area (Å²) in [6.07, 6.45) is 1.95. The van der Waals surface area contributed by atoms with E-state index in [-0.39, 0.29) is 5.37 Å². The molecular weight excluding hydrogens is 170 g/mol. The molecule has 1 unspecified atom stereocenters. The maximum absolute atomic E-state index is 10.4. The second kappa shape index (κ2) is 3.19. The second-order valence-electron chi connectivity index (χ2n) is 2.61. The molecule has 1 aliphatic heterocycles. The standard InChI is InChI=1S/C9H8NOS/c11-5-9-10-8-4-2-1-3-7(8)6-12-9/h1-4,9-10H,6H2. The van der Waals surface area contributed by atoms with Gasteiger partial charge in [0.2, 0.25) is 6.29 Å². The van der Waals surface area contributed by atoms with Crippen molar-refractivity contribution in [3.05, 3.63) is 29.8 Å². The molecule has 0 saturated heterocycles. The zero-order chi connectivity index (χ0) is 8.39. The Morgan fingerprint density at radius 3 is 3.17 bits per heavy atom. The van der Waals surface area contributed by atoms with E-state index in [0.29, 0.717) is 0 Å². The molecule has 0 bridgehead atoms. The van der Waals surface area contributed by atoms with E-state index in [1.54, 1.807) is 11.8 Å². The Labute approximate surface area is 75.4 Å². The fourth-order valence-electron chi connectivity index (χ4n) is 1.21. The summed E-state index contributed by atoms with van der Waals surface area (Å²) in [5, 5.41) is 2.89. The summed E-state index contributed by atoms with van der Waals surface area (Å²) < 4.78 is 0. The van der Waals surface area contributed by atoms with Gasteiger partial charge in [-0.3, -0.25) is 4.79 Å². The number of carbonyl (C=O) groups excluding carboxylic acids is 1. The monoisotopic (exact) mass is 178 g/mol. The van der Waals surface area contributed by atoms with Gasteiger partial charge in [0.05, 0.1) is 0 Å². The molecule has 61 valence electrons. The average Bonchev–Trinajstić information content (AvgIpc) is 2.17. The van der Waals surface area contributed by atoms with E-state index in [0.717, 1.165) is 11.4 Å². The Hall–Kier alpha value is -0.960. The number of thioether (sulfide) groups is 1. The van der Waals surface area contributed by atoms with Crippen LogP contribution < -0.4 is 5.32 Å². The summed E-state index contributed by atoms with van der Waals surface area (Å²) in [5.74, 6) is 0.892. The lowest BCUT2D eigenvalue weighted by Crippen LogP contribution is -2.21. The van der Waals surface area contributed by atoms with Crippen LogP contribution in [0.4, 0.5) is 5.69 Å². The zero-order valence-electron chi connectivity index (χ0n) is 6.41. The van der Waals surface area contributed by atoms with Crippen LogP contribution in [-0.2, 0) is 10.5 Å². The van der Waals surface area contributed by atoms with E-state index < -0.39 is 0 Å². The van der Waals surface area contributed by atoms with Gasteiger partial charge in [0, 0.05) is 11.4 Å². The lowest BCUT2D eigenvalue weighted by Gasteiger charge is -2.21.